The van der Waals surface area contributed by atoms with Crippen LogP contribution in [-0.2, 0) is 4.79 Å². The molecule has 2 heterocycles. The number of β-amino-alcohol motifs (C(OH)–C–C–N with tert-alkyl or cyclic N) is 1. The minimum absolute atomic E-state index is 0.00639. The first-order valence-corrected chi connectivity index (χ1v) is 6.17. The van der Waals surface area contributed by atoms with Gasteiger partial charge < -0.3 is 15.1 Å². The molecule has 9 heteroatoms. The smallest absolute Gasteiger partial charge is 0.326 e. The zero-order chi connectivity index (χ0) is 14.2. The number of nitro groups is 1. The Labute approximate surface area is 116 Å². The molecule has 1 aliphatic rings. The number of hydrogen-bond acceptors (Lipinski definition) is 6. The Morgan fingerprint density at radius 2 is 2.32 bits per heavy atom. The van der Waals surface area contributed by atoms with Gasteiger partial charge in [0.25, 0.3) is 0 Å². The third kappa shape index (κ3) is 2.66. The minimum Gasteiger partial charge on any atom is -0.480 e. The Morgan fingerprint density at radius 1 is 1.63 bits per heavy atom. The van der Waals surface area contributed by atoms with Gasteiger partial charge in [0.2, 0.25) is 5.82 Å². The van der Waals surface area contributed by atoms with Gasteiger partial charge in [-0.3, -0.25) is 10.1 Å². The average molecular weight is 332 g/mol. The lowest BCUT2D eigenvalue weighted by molar-refractivity contribution is -0.384. The zero-order valence-electron chi connectivity index (χ0n) is 9.56. The van der Waals surface area contributed by atoms with Gasteiger partial charge in [0, 0.05) is 29.7 Å². The van der Waals surface area contributed by atoms with E-state index in [4.69, 9.17) is 5.11 Å². The lowest BCUT2D eigenvalue weighted by atomic mass is 10.2. The highest BCUT2D eigenvalue weighted by atomic mass is 79.9. The van der Waals surface area contributed by atoms with E-state index in [0.29, 0.717) is 4.47 Å². The van der Waals surface area contributed by atoms with Gasteiger partial charge in [-0.2, -0.15) is 0 Å². The van der Waals surface area contributed by atoms with E-state index >= 15 is 0 Å². The highest BCUT2D eigenvalue weighted by Gasteiger charge is 2.39. The predicted molar refractivity (Wildman–Crippen MR) is 68.0 cm³/mol. The number of pyridine rings is 1. The standard InChI is InChI=1S/C10H10BrN3O5/c11-5-1-7(14(18)19)9(12-3-5)13-4-6(15)2-8(13)10(16)17/h1,3,6,8,15H,2,4H2,(H,16,17). The quantitative estimate of drug-likeness (QED) is 0.620. The van der Waals surface area contributed by atoms with Crippen molar-refractivity contribution in [3.63, 3.8) is 0 Å². The lowest BCUT2D eigenvalue weighted by Gasteiger charge is -2.21. The van der Waals surface area contributed by atoms with E-state index in [1.807, 2.05) is 0 Å². The van der Waals surface area contributed by atoms with Crippen LogP contribution in [0.3, 0.4) is 0 Å². The molecular formula is C10H10BrN3O5. The number of rotatable bonds is 3. The van der Waals surface area contributed by atoms with E-state index in [9.17, 15) is 20.0 Å². The van der Waals surface area contributed by atoms with Gasteiger partial charge in [-0.05, 0) is 15.9 Å². The summed E-state index contributed by atoms with van der Waals surface area (Å²) in [6.07, 6.45) is 0.530. The molecule has 1 saturated heterocycles. The molecule has 0 saturated carbocycles. The number of aliphatic hydroxyl groups excluding tert-OH is 1. The number of aromatic nitrogens is 1. The molecule has 2 unspecified atom stereocenters. The van der Waals surface area contributed by atoms with Gasteiger partial charge in [-0.15, -0.1) is 0 Å². The Balaban J connectivity index is 2.46. The number of carboxylic acid groups (broad SMARTS) is 1. The molecule has 1 aliphatic heterocycles. The maximum absolute atomic E-state index is 11.1. The highest BCUT2D eigenvalue weighted by molar-refractivity contribution is 9.10. The summed E-state index contributed by atoms with van der Waals surface area (Å²) >= 11 is 3.08. The maximum atomic E-state index is 11.1. The first-order valence-electron chi connectivity index (χ1n) is 5.37. The molecule has 1 fully saturated rings. The van der Waals surface area contributed by atoms with Crippen molar-refractivity contribution in [3.05, 3.63) is 26.9 Å². The molecule has 0 aliphatic carbocycles. The molecular weight excluding hydrogens is 322 g/mol. The van der Waals surface area contributed by atoms with Crippen LogP contribution in [0.5, 0.6) is 0 Å². The molecule has 1 aromatic rings. The van der Waals surface area contributed by atoms with Crippen molar-refractivity contribution in [2.24, 2.45) is 0 Å². The second-order valence-electron chi connectivity index (χ2n) is 4.15. The van der Waals surface area contributed by atoms with Crippen LogP contribution in [0.2, 0.25) is 0 Å². The lowest BCUT2D eigenvalue weighted by Crippen LogP contribution is -2.37. The monoisotopic (exact) mass is 331 g/mol. The van der Waals surface area contributed by atoms with Crippen LogP contribution in [0, 0.1) is 10.1 Å². The Kier molecular flexibility index (Phi) is 3.67. The first kappa shape index (κ1) is 13.7. The van der Waals surface area contributed by atoms with Gasteiger partial charge in [0.15, 0.2) is 0 Å². The summed E-state index contributed by atoms with van der Waals surface area (Å²) in [5.74, 6) is -1.19. The molecule has 102 valence electrons. The first-order chi connectivity index (χ1) is 8.90. The van der Waals surface area contributed by atoms with Crippen molar-refractivity contribution in [2.45, 2.75) is 18.6 Å². The van der Waals surface area contributed by atoms with Crippen molar-refractivity contribution in [1.29, 1.82) is 0 Å². The van der Waals surface area contributed by atoms with Crippen LogP contribution >= 0.6 is 15.9 Å². The Hall–Kier alpha value is -1.74. The van der Waals surface area contributed by atoms with Gasteiger partial charge in [-0.25, -0.2) is 9.78 Å². The molecule has 0 radical (unpaired) electrons. The number of halogens is 1. The van der Waals surface area contributed by atoms with Crippen molar-refractivity contribution in [3.8, 4) is 0 Å². The zero-order valence-corrected chi connectivity index (χ0v) is 11.1. The topological polar surface area (TPSA) is 117 Å². The molecule has 2 atom stereocenters. The summed E-state index contributed by atoms with van der Waals surface area (Å²) < 4.78 is 0.426. The molecule has 1 aromatic heterocycles. The summed E-state index contributed by atoms with van der Waals surface area (Å²) in [6, 6.07) is 0.244. The number of carboxylic acids is 1. The van der Waals surface area contributed by atoms with Crippen molar-refractivity contribution in [1.82, 2.24) is 4.98 Å². The van der Waals surface area contributed by atoms with Crippen molar-refractivity contribution < 1.29 is 19.9 Å². The van der Waals surface area contributed by atoms with E-state index in [-0.39, 0.29) is 24.5 Å². The molecule has 0 aromatic carbocycles. The molecule has 2 rings (SSSR count). The van der Waals surface area contributed by atoms with Crippen molar-refractivity contribution >= 4 is 33.4 Å². The fourth-order valence-corrected chi connectivity index (χ4v) is 2.38. The highest BCUT2D eigenvalue weighted by Crippen LogP contribution is 2.33. The second kappa shape index (κ2) is 5.10. The summed E-state index contributed by atoms with van der Waals surface area (Å²) in [7, 11) is 0. The van der Waals surface area contributed by atoms with Gasteiger partial charge in [0.1, 0.15) is 6.04 Å². The van der Waals surface area contributed by atoms with Gasteiger partial charge in [0.05, 0.1) is 11.0 Å². The van der Waals surface area contributed by atoms with Gasteiger partial charge in [-0.1, -0.05) is 0 Å². The number of nitrogens with zero attached hydrogens (tertiary/aromatic N) is 3. The van der Waals surface area contributed by atoms with E-state index < -0.39 is 23.0 Å². The maximum Gasteiger partial charge on any atom is 0.326 e. The molecule has 0 amide bonds. The largest absolute Gasteiger partial charge is 0.480 e. The van der Waals surface area contributed by atoms with E-state index in [2.05, 4.69) is 20.9 Å². The van der Waals surface area contributed by atoms with Crippen molar-refractivity contribution in [2.75, 3.05) is 11.4 Å². The van der Waals surface area contributed by atoms with Crippen LogP contribution in [0.15, 0.2) is 16.7 Å². The third-order valence-corrected chi connectivity index (χ3v) is 3.28. The fourth-order valence-electron chi connectivity index (χ4n) is 2.06. The molecule has 8 nitrogen and oxygen atoms in total. The third-order valence-electron chi connectivity index (χ3n) is 2.85. The van der Waals surface area contributed by atoms with Crippen LogP contribution < -0.4 is 4.90 Å². The molecule has 2 N–H and O–H groups in total. The minimum atomic E-state index is -1.14. The second-order valence-corrected chi connectivity index (χ2v) is 5.06. The predicted octanol–water partition coefficient (Wildman–Crippen LogP) is 0.776. The normalized spacial score (nSPS) is 22.5. The SMILES string of the molecule is O=C(O)C1CC(O)CN1c1ncc(Br)cc1[N+](=O)[O-]. The van der Waals surface area contributed by atoms with Gasteiger partial charge >= 0.3 is 11.7 Å². The Bertz CT molecular complexity index is 538. The molecule has 0 spiro atoms. The van der Waals surface area contributed by atoms with Crippen LogP contribution in [0.4, 0.5) is 11.5 Å². The summed E-state index contributed by atoms with van der Waals surface area (Å²) in [6.45, 7) is 0.00639. The van der Waals surface area contributed by atoms with E-state index in [1.54, 1.807) is 0 Å². The van der Waals surface area contributed by atoms with Crippen LogP contribution in [-0.4, -0.2) is 44.8 Å². The van der Waals surface area contributed by atoms with E-state index in [1.165, 1.54) is 17.2 Å². The summed E-state index contributed by atoms with van der Waals surface area (Å²) in [4.78, 5) is 26.6. The average Bonchev–Trinajstić information content (AvgIpc) is 2.71. The number of aliphatic hydroxyl groups is 1. The number of hydrogen-bond donors (Lipinski definition) is 2. The fraction of sp³-hybridized carbons (Fsp3) is 0.400. The molecule has 19 heavy (non-hydrogen) atoms. The summed E-state index contributed by atoms with van der Waals surface area (Å²) in [5, 5.41) is 29.6. The van der Waals surface area contributed by atoms with E-state index in [0.717, 1.165) is 0 Å². The van der Waals surface area contributed by atoms with Crippen LogP contribution in [0.1, 0.15) is 6.42 Å². The number of anilines is 1. The van der Waals surface area contributed by atoms with Crippen LogP contribution in [0.25, 0.3) is 0 Å². The number of carbonyl (C=O) groups is 1. The molecule has 0 bridgehead atoms. The summed E-state index contributed by atoms with van der Waals surface area (Å²) in [5.41, 5.74) is -0.297. The Morgan fingerprint density at radius 3 is 2.89 bits per heavy atom. The number of aliphatic carboxylic acids is 1.